The molecule has 1 aliphatic carbocycles. The number of nitrogens with one attached hydrogen (secondary N) is 1. The van der Waals surface area contributed by atoms with Gasteiger partial charge in [0.05, 0.1) is 0 Å². The molecule has 3 rings (SSSR count). The van der Waals surface area contributed by atoms with E-state index >= 15 is 0 Å². The van der Waals surface area contributed by atoms with Gasteiger partial charge >= 0.3 is 6.03 Å². The average molecular weight is 287 g/mol. The van der Waals surface area contributed by atoms with Crippen LogP contribution in [0, 0.1) is 0 Å². The Morgan fingerprint density at radius 1 is 1.10 bits per heavy atom. The predicted molar refractivity (Wildman–Crippen MR) is 80.9 cm³/mol. The highest BCUT2D eigenvalue weighted by molar-refractivity contribution is 5.75. The molecule has 2 heterocycles. The van der Waals surface area contributed by atoms with Gasteiger partial charge < -0.3 is 15.1 Å². The highest BCUT2D eigenvalue weighted by Gasteiger charge is 2.22. The van der Waals surface area contributed by atoms with Crippen LogP contribution in [0.4, 0.5) is 10.7 Å². The smallest absolute Gasteiger partial charge is 0.321 e. The summed E-state index contributed by atoms with van der Waals surface area (Å²) in [5, 5.41) is 2.92. The molecule has 0 unspecified atom stereocenters. The molecule has 1 N–H and O–H groups in total. The predicted octanol–water partition coefficient (Wildman–Crippen LogP) is 1.77. The Bertz CT molecular complexity index is 500. The van der Waals surface area contributed by atoms with E-state index in [-0.39, 0.29) is 6.03 Å². The number of nitrogens with zero attached hydrogens (tertiary/aromatic N) is 4. The molecular weight excluding hydrogens is 266 g/mol. The summed E-state index contributed by atoms with van der Waals surface area (Å²) >= 11 is 0. The summed E-state index contributed by atoms with van der Waals surface area (Å²) in [5.74, 6) is 0.741. The van der Waals surface area contributed by atoms with E-state index in [2.05, 4.69) is 20.2 Å². The van der Waals surface area contributed by atoms with Gasteiger partial charge in [-0.2, -0.15) is 0 Å². The Kier molecular flexibility index (Phi) is 4.33. The lowest BCUT2D eigenvalue weighted by Gasteiger charge is -2.34. The Morgan fingerprint density at radius 3 is 2.43 bits per heavy atom. The van der Waals surface area contributed by atoms with Crippen LogP contribution >= 0.6 is 0 Å². The van der Waals surface area contributed by atoms with Crippen LogP contribution in [0.3, 0.4) is 0 Å². The number of aromatic nitrogens is 2. The quantitative estimate of drug-likeness (QED) is 0.900. The van der Waals surface area contributed by atoms with E-state index in [1.54, 1.807) is 12.4 Å². The second-order valence-electron chi connectivity index (χ2n) is 5.48. The summed E-state index contributed by atoms with van der Waals surface area (Å²) in [6.45, 7) is 2.95. The first-order valence-electron chi connectivity index (χ1n) is 7.58. The summed E-state index contributed by atoms with van der Waals surface area (Å²) < 4.78 is 0. The summed E-state index contributed by atoms with van der Waals surface area (Å²) in [7, 11) is 0. The van der Waals surface area contributed by atoms with E-state index in [0.29, 0.717) is 13.1 Å². The maximum atomic E-state index is 12.1. The zero-order valence-electron chi connectivity index (χ0n) is 12.2. The van der Waals surface area contributed by atoms with Crippen molar-refractivity contribution in [1.82, 2.24) is 20.2 Å². The molecule has 1 aromatic heterocycles. The minimum atomic E-state index is 0.00281. The fraction of sp³-hybridized carbons (Fsp3) is 0.533. The summed E-state index contributed by atoms with van der Waals surface area (Å²) in [4.78, 5) is 24.6. The number of rotatable bonds is 2. The summed E-state index contributed by atoms with van der Waals surface area (Å²) in [6.07, 6.45) is 10.1. The van der Waals surface area contributed by atoms with Crippen LogP contribution < -0.4 is 10.2 Å². The van der Waals surface area contributed by atoms with Crippen LogP contribution in [-0.4, -0.2) is 47.1 Å². The first kappa shape index (κ1) is 13.9. The Balaban J connectivity index is 1.49. The van der Waals surface area contributed by atoms with Gasteiger partial charge in [0.1, 0.15) is 0 Å². The van der Waals surface area contributed by atoms with Crippen molar-refractivity contribution in [3.05, 3.63) is 30.2 Å². The lowest BCUT2D eigenvalue weighted by atomic mass is 10.2. The second kappa shape index (κ2) is 6.56. The highest BCUT2D eigenvalue weighted by atomic mass is 16.2. The molecule has 2 amide bonds. The number of piperazine rings is 1. The molecule has 0 atom stereocenters. The van der Waals surface area contributed by atoms with Crippen LogP contribution in [0.5, 0.6) is 0 Å². The van der Waals surface area contributed by atoms with Crippen LogP contribution in [-0.2, 0) is 0 Å². The summed E-state index contributed by atoms with van der Waals surface area (Å²) in [6, 6.07) is 1.81. The first-order chi connectivity index (χ1) is 10.3. The van der Waals surface area contributed by atoms with Gasteiger partial charge in [-0.15, -0.1) is 0 Å². The largest absolute Gasteiger partial charge is 0.337 e. The molecule has 21 heavy (non-hydrogen) atoms. The normalized spacial score (nSPS) is 18.8. The van der Waals surface area contributed by atoms with E-state index < -0.39 is 0 Å². The van der Waals surface area contributed by atoms with Gasteiger partial charge in [-0.3, -0.25) is 0 Å². The molecule has 2 aliphatic rings. The van der Waals surface area contributed by atoms with Gasteiger partial charge in [0.15, 0.2) is 0 Å². The second-order valence-corrected chi connectivity index (χ2v) is 5.48. The molecule has 0 spiro atoms. The maximum Gasteiger partial charge on any atom is 0.321 e. The van der Waals surface area contributed by atoms with E-state index in [1.165, 1.54) is 18.4 Å². The van der Waals surface area contributed by atoms with Crippen molar-refractivity contribution in [2.75, 3.05) is 31.1 Å². The molecule has 112 valence electrons. The molecule has 0 bridgehead atoms. The van der Waals surface area contributed by atoms with Crippen LogP contribution in [0.15, 0.2) is 30.2 Å². The van der Waals surface area contributed by atoms with Crippen molar-refractivity contribution in [2.24, 2.45) is 0 Å². The zero-order chi connectivity index (χ0) is 14.5. The van der Waals surface area contributed by atoms with Crippen molar-refractivity contribution in [1.29, 1.82) is 0 Å². The Hall–Kier alpha value is -2.11. The lowest BCUT2D eigenvalue weighted by molar-refractivity contribution is 0.198. The van der Waals surface area contributed by atoms with Gasteiger partial charge in [0.2, 0.25) is 5.95 Å². The van der Waals surface area contributed by atoms with Gasteiger partial charge in [0, 0.05) is 44.8 Å². The molecular formula is C15H21N5O. The van der Waals surface area contributed by atoms with E-state index in [4.69, 9.17) is 0 Å². The highest BCUT2D eigenvalue weighted by Crippen LogP contribution is 2.22. The van der Waals surface area contributed by atoms with Crippen LogP contribution in [0.1, 0.15) is 25.7 Å². The molecule has 0 aromatic carbocycles. The van der Waals surface area contributed by atoms with Crippen LogP contribution in [0.25, 0.3) is 0 Å². The van der Waals surface area contributed by atoms with E-state index in [9.17, 15) is 4.79 Å². The SMILES string of the molecule is O=C(NC=C1CCCC1)N1CCN(c2ncccn2)CC1. The van der Waals surface area contributed by atoms with Crippen molar-refractivity contribution >= 4 is 12.0 Å². The van der Waals surface area contributed by atoms with E-state index in [0.717, 1.165) is 31.9 Å². The molecule has 1 aromatic rings. The molecule has 1 saturated heterocycles. The fourth-order valence-corrected chi connectivity index (χ4v) is 2.79. The minimum absolute atomic E-state index is 0.00281. The monoisotopic (exact) mass is 287 g/mol. The average Bonchev–Trinajstić information content (AvgIpc) is 3.07. The lowest BCUT2D eigenvalue weighted by Crippen LogP contribution is -2.51. The third-order valence-electron chi connectivity index (χ3n) is 4.05. The number of hydrogen-bond acceptors (Lipinski definition) is 4. The Labute approximate surface area is 124 Å². The van der Waals surface area contributed by atoms with Gasteiger partial charge in [-0.05, 0) is 31.7 Å². The number of hydrogen-bond donors (Lipinski definition) is 1. The maximum absolute atomic E-state index is 12.1. The van der Waals surface area contributed by atoms with Crippen molar-refractivity contribution in [3.63, 3.8) is 0 Å². The number of carbonyl (C=O) groups excluding carboxylic acids is 1. The number of carbonyl (C=O) groups is 1. The number of urea groups is 1. The molecule has 6 nitrogen and oxygen atoms in total. The minimum Gasteiger partial charge on any atom is -0.337 e. The first-order valence-corrected chi connectivity index (χ1v) is 7.58. The van der Waals surface area contributed by atoms with Crippen molar-refractivity contribution in [2.45, 2.75) is 25.7 Å². The molecule has 6 heteroatoms. The molecule has 1 aliphatic heterocycles. The molecule has 2 fully saturated rings. The van der Waals surface area contributed by atoms with Crippen molar-refractivity contribution < 1.29 is 4.79 Å². The zero-order valence-corrected chi connectivity index (χ0v) is 12.2. The van der Waals surface area contributed by atoms with Crippen molar-refractivity contribution in [3.8, 4) is 0 Å². The third-order valence-corrected chi connectivity index (χ3v) is 4.05. The standard InChI is InChI=1S/C15H21N5O/c21-15(18-12-13-4-1-2-5-13)20-10-8-19(9-11-20)14-16-6-3-7-17-14/h3,6-7,12H,1-2,4-5,8-11H2,(H,18,21). The molecule has 0 radical (unpaired) electrons. The van der Waals surface area contributed by atoms with Gasteiger partial charge in [-0.25, -0.2) is 14.8 Å². The van der Waals surface area contributed by atoms with Crippen LogP contribution in [0.2, 0.25) is 0 Å². The third kappa shape index (κ3) is 3.51. The topological polar surface area (TPSA) is 61.4 Å². The summed E-state index contributed by atoms with van der Waals surface area (Å²) in [5.41, 5.74) is 1.36. The fourth-order valence-electron chi connectivity index (χ4n) is 2.79. The molecule has 1 saturated carbocycles. The van der Waals surface area contributed by atoms with E-state index in [1.807, 2.05) is 17.2 Å². The number of amides is 2. The van der Waals surface area contributed by atoms with Gasteiger partial charge in [0.25, 0.3) is 0 Å². The van der Waals surface area contributed by atoms with Gasteiger partial charge in [-0.1, -0.05) is 5.57 Å². The number of allylic oxidation sites excluding steroid dienone is 1. The Morgan fingerprint density at radius 2 is 1.76 bits per heavy atom. The number of anilines is 1.